The number of Topliss-reactive ketones (excluding diaryl/α,β-unsaturated/α-hetero) is 1. The molecule has 0 spiro atoms. The van der Waals surface area contributed by atoms with E-state index in [1.165, 1.54) is 0 Å². The van der Waals surface area contributed by atoms with Crippen molar-refractivity contribution in [2.45, 2.75) is 39.3 Å². The summed E-state index contributed by atoms with van der Waals surface area (Å²) in [4.78, 5) is 55.4. The fraction of sp³-hybridized carbons (Fsp3) is 0.176. The molecule has 0 saturated carbocycles. The van der Waals surface area contributed by atoms with Crippen molar-refractivity contribution in [2.24, 2.45) is 0 Å². The van der Waals surface area contributed by atoms with Gasteiger partial charge in [-0.05, 0) is 67.3 Å². The zero-order chi connectivity index (χ0) is 29.5. The average molecular weight is 559 g/mol. The van der Waals surface area contributed by atoms with Gasteiger partial charge in [-0.15, -0.1) is 0 Å². The summed E-state index contributed by atoms with van der Waals surface area (Å²) in [5.74, 6) is -0.952. The SMILES string of the molecule is Cc1[nH]c(/C=C2\C(=O)Nc3ccc(C(=O)N[C@H](C)c4ccccc4)cc32)c(C)c1C(=O)N[C@H]1C(=O)Cc2ccccc21. The van der Waals surface area contributed by atoms with Gasteiger partial charge in [0.2, 0.25) is 0 Å². The van der Waals surface area contributed by atoms with Crippen LogP contribution < -0.4 is 16.0 Å². The number of aromatic amines is 1. The van der Waals surface area contributed by atoms with E-state index in [1.54, 1.807) is 38.1 Å². The summed E-state index contributed by atoms with van der Waals surface area (Å²) in [5.41, 5.74) is 7.06. The van der Waals surface area contributed by atoms with Gasteiger partial charge in [0.1, 0.15) is 6.04 Å². The first-order valence-corrected chi connectivity index (χ1v) is 13.8. The van der Waals surface area contributed by atoms with Gasteiger partial charge in [-0.3, -0.25) is 19.2 Å². The van der Waals surface area contributed by atoms with Crippen molar-refractivity contribution in [3.05, 3.63) is 123 Å². The molecule has 6 rings (SSSR count). The van der Waals surface area contributed by atoms with Gasteiger partial charge in [-0.1, -0.05) is 54.6 Å². The summed E-state index contributed by atoms with van der Waals surface area (Å²) in [6.45, 7) is 5.51. The Kier molecular flexibility index (Phi) is 6.82. The van der Waals surface area contributed by atoms with Gasteiger partial charge in [0, 0.05) is 34.6 Å². The maximum atomic E-state index is 13.4. The summed E-state index contributed by atoms with van der Waals surface area (Å²) < 4.78 is 0. The zero-order valence-electron chi connectivity index (χ0n) is 23.5. The maximum Gasteiger partial charge on any atom is 0.256 e. The van der Waals surface area contributed by atoms with E-state index in [2.05, 4.69) is 20.9 Å². The lowest BCUT2D eigenvalue weighted by atomic mass is 10.0. The van der Waals surface area contributed by atoms with Crippen molar-refractivity contribution in [1.82, 2.24) is 15.6 Å². The summed E-state index contributed by atoms with van der Waals surface area (Å²) in [5, 5.41) is 8.78. The highest BCUT2D eigenvalue weighted by Crippen LogP contribution is 2.35. The van der Waals surface area contributed by atoms with Gasteiger partial charge in [0.05, 0.1) is 17.2 Å². The quantitative estimate of drug-likeness (QED) is 0.243. The lowest BCUT2D eigenvalue weighted by Crippen LogP contribution is -2.32. The van der Waals surface area contributed by atoms with Gasteiger partial charge in [0.25, 0.3) is 17.7 Å². The fourth-order valence-electron chi connectivity index (χ4n) is 5.78. The first kappa shape index (κ1) is 27.0. The second kappa shape index (κ2) is 10.6. The van der Waals surface area contributed by atoms with Crippen LogP contribution in [0.5, 0.6) is 0 Å². The molecule has 3 amide bonds. The predicted molar refractivity (Wildman–Crippen MR) is 161 cm³/mol. The molecule has 0 radical (unpaired) electrons. The number of benzene rings is 3. The van der Waals surface area contributed by atoms with E-state index in [0.717, 1.165) is 16.7 Å². The van der Waals surface area contributed by atoms with Crippen LogP contribution in [0.15, 0.2) is 72.8 Å². The van der Waals surface area contributed by atoms with Crippen LogP contribution in [0.25, 0.3) is 11.6 Å². The third-order valence-corrected chi connectivity index (χ3v) is 8.03. The Hall–Kier alpha value is -5.24. The highest BCUT2D eigenvalue weighted by atomic mass is 16.2. The molecule has 4 aromatic rings. The Labute approximate surface area is 243 Å². The Morgan fingerprint density at radius 3 is 2.48 bits per heavy atom. The number of carbonyl (C=O) groups is 4. The summed E-state index contributed by atoms with van der Waals surface area (Å²) in [6, 6.07) is 21.4. The fourth-order valence-corrected chi connectivity index (χ4v) is 5.78. The van der Waals surface area contributed by atoms with Gasteiger partial charge in [-0.2, -0.15) is 0 Å². The standard InChI is InChI=1S/C34H30N4O4/c1-18-28(35-20(3)30(18)34(42)38-31-24-12-8-7-11-22(24)16-29(31)39)17-26-25-15-23(13-14-27(25)37-33(26)41)32(40)36-19(2)21-9-5-4-6-10-21/h4-15,17,19,31,35H,16H2,1-3H3,(H,36,40)(H,37,41)(H,38,42)/b26-17-/t19-,31-/m1/s1. The molecule has 4 N–H and O–H groups in total. The number of anilines is 1. The van der Waals surface area contributed by atoms with Crippen LogP contribution in [0.1, 0.15) is 78.9 Å². The molecule has 210 valence electrons. The molecule has 2 aliphatic rings. The van der Waals surface area contributed by atoms with Crippen molar-refractivity contribution in [3.8, 4) is 0 Å². The van der Waals surface area contributed by atoms with Gasteiger partial charge < -0.3 is 20.9 Å². The molecule has 0 unspecified atom stereocenters. The van der Waals surface area contributed by atoms with Crippen LogP contribution in [0.2, 0.25) is 0 Å². The van der Waals surface area contributed by atoms with Crippen molar-refractivity contribution < 1.29 is 19.2 Å². The third kappa shape index (κ3) is 4.81. The number of hydrogen-bond donors (Lipinski definition) is 4. The van der Waals surface area contributed by atoms with E-state index < -0.39 is 6.04 Å². The molecule has 1 aliphatic carbocycles. The van der Waals surface area contributed by atoms with Gasteiger partial charge in [0.15, 0.2) is 5.78 Å². The highest BCUT2D eigenvalue weighted by Gasteiger charge is 2.33. The Morgan fingerprint density at radius 2 is 1.69 bits per heavy atom. The van der Waals surface area contributed by atoms with Gasteiger partial charge >= 0.3 is 0 Å². The van der Waals surface area contributed by atoms with Crippen LogP contribution in [0.4, 0.5) is 5.69 Å². The van der Waals surface area contributed by atoms with Crippen LogP contribution in [-0.4, -0.2) is 28.5 Å². The normalized spacial score (nSPS) is 17.0. The lowest BCUT2D eigenvalue weighted by Gasteiger charge is -2.14. The minimum atomic E-state index is -0.689. The number of amides is 3. The van der Waals surface area contributed by atoms with E-state index in [4.69, 9.17) is 0 Å². The molecular weight excluding hydrogens is 528 g/mol. The second-order valence-electron chi connectivity index (χ2n) is 10.8. The monoisotopic (exact) mass is 558 g/mol. The predicted octanol–water partition coefficient (Wildman–Crippen LogP) is 5.21. The molecule has 1 aromatic heterocycles. The highest BCUT2D eigenvalue weighted by molar-refractivity contribution is 6.35. The third-order valence-electron chi connectivity index (χ3n) is 8.03. The molecule has 42 heavy (non-hydrogen) atoms. The smallest absolute Gasteiger partial charge is 0.256 e. The first-order chi connectivity index (χ1) is 20.2. The molecule has 1 aliphatic heterocycles. The molecule has 2 atom stereocenters. The number of fused-ring (bicyclic) bond motifs is 2. The van der Waals surface area contributed by atoms with E-state index in [0.29, 0.717) is 51.3 Å². The van der Waals surface area contributed by atoms with Gasteiger partial charge in [-0.25, -0.2) is 0 Å². The Bertz CT molecular complexity index is 1800. The summed E-state index contributed by atoms with van der Waals surface area (Å²) in [7, 11) is 0. The number of ketones is 1. The maximum absolute atomic E-state index is 13.4. The van der Waals surface area contributed by atoms with Crippen LogP contribution in [0.3, 0.4) is 0 Å². The molecule has 8 heteroatoms. The number of aromatic nitrogens is 1. The van der Waals surface area contributed by atoms with E-state index in [1.807, 2.05) is 61.5 Å². The average Bonchev–Trinajstić information content (AvgIpc) is 3.57. The van der Waals surface area contributed by atoms with Crippen LogP contribution in [0, 0.1) is 13.8 Å². The number of H-pyrrole nitrogens is 1. The number of nitrogens with one attached hydrogen (secondary N) is 4. The molecule has 0 fully saturated rings. The summed E-state index contributed by atoms with van der Waals surface area (Å²) in [6.07, 6.45) is 1.99. The number of carbonyl (C=O) groups excluding carboxylic acids is 4. The number of rotatable bonds is 6. The lowest BCUT2D eigenvalue weighted by molar-refractivity contribution is -0.119. The topological polar surface area (TPSA) is 120 Å². The second-order valence-corrected chi connectivity index (χ2v) is 10.8. The minimum absolute atomic E-state index is 0.0463. The van der Waals surface area contributed by atoms with Crippen LogP contribution >= 0.6 is 0 Å². The van der Waals surface area contributed by atoms with Crippen molar-refractivity contribution in [3.63, 3.8) is 0 Å². The van der Waals surface area contributed by atoms with Crippen LogP contribution in [-0.2, 0) is 16.0 Å². The van der Waals surface area contributed by atoms with Crippen molar-refractivity contribution in [1.29, 1.82) is 0 Å². The van der Waals surface area contributed by atoms with E-state index in [-0.39, 0.29) is 29.5 Å². The Morgan fingerprint density at radius 1 is 0.952 bits per heavy atom. The first-order valence-electron chi connectivity index (χ1n) is 13.8. The molecule has 0 saturated heterocycles. The van der Waals surface area contributed by atoms with Crippen molar-refractivity contribution >= 4 is 40.8 Å². The summed E-state index contributed by atoms with van der Waals surface area (Å²) >= 11 is 0. The molecule has 3 aromatic carbocycles. The molecule has 8 nitrogen and oxygen atoms in total. The molecular formula is C34H30N4O4. The minimum Gasteiger partial charge on any atom is -0.358 e. The number of hydrogen-bond acceptors (Lipinski definition) is 4. The van der Waals surface area contributed by atoms with E-state index >= 15 is 0 Å². The molecule has 0 bridgehead atoms. The Balaban J connectivity index is 1.26. The van der Waals surface area contributed by atoms with E-state index in [9.17, 15) is 19.2 Å². The molecule has 2 heterocycles. The van der Waals surface area contributed by atoms with Crippen molar-refractivity contribution in [2.75, 3.05) is 5.32 Å². The zero-order valence-corrected chi connectivity index (χ0v) is 23.5. The largest absolute Gasteiger partial charge is 0.358 e. The number of aryl methyl sites for hydroxylation is 1.